The van der Waals surface area contributed by atoms with Gasteiger partial charge in [-0.2, -0.15) is 0 Å². The first-order valence-electron chi connectivity index (χ1n) is 6.56. The number of carbonyl (C=O) groups is 3. The van der Waals surface area contributed by atoms with E-state index >= 15 is 0 Å². The number of rotatable bonds is 4. The van der Waals surface area contributed by atoms with Crippen LogP contribution in [0, 0.1) is 0 Å². The zero-order chi connectivity index (χ0) is 16.7. The lowest BCUT2D eigenvalue weighted by Gasteiger charge is -2.50. The molecule has 2 rings (SSSR count). The fourth-order valence-electron chi connectivity index (χ4n) is 2.21. The maximum atomic E-state index is 12.5. The molecule has 22 heavy (non-hydrogen) atoms. The minimum absolute atomic E-state index is 0.139. The molecule has 2 aliphatic heterocycles. The molecule has 2 heterocycles. The minimum atomic E-state index is -0.655. The van der Waals surface area contributed by atoms with Crippen molar-refractivity contribution in [1.29, 1.82) is 0 Å². The van der Waals surface area contributed by atoms with Crippen molar-refractivity contribution in [3.63, 3.8) is 0 Å². The van der Waals surface area contributed by atoms with Crippen LogP contribution < -0.4 is 5.32 Å². The number of ether oxygens (including phenoxy) is 1. The normalized spacial score (nSPS) is 28.0. The number of hydrogen-bond acceptors (Lipinski definition) is 5. The van der Waals surface area contributed by atoms with Gasteiger partial charge in [-0.25, -0.2) is 4.79 Å². The van der Waals surface area contributed by atoms with E-state index < -0.39 is 17.6 Å². The van der Waals surface area contributed by atoms with Crippen molar-refractivity contribution >= 4 is 61.9 Å². The summed E-state index contributed by atoms with van der Waals surface area (Å²) in [5.74, 6) is -0.835. The van der Waals surface area contributed by atoms with Crippen LogP contribution in [0.1, 0.15) is 20.8 Å². The molecule has 9 heteroatoms. The zero-order valence-electron chi connectivity index (χ0n) is 12.3. The van der Waals surface area contributed by atoms with Gasteiger partial charge in [-0.15, -0.1) is 11.8 Å². The fraction of sp³-hybridized carbons (Fsp3) is 0.615. The van der Waals surface area contributed by atoms with Crippen molar-refractivity contribution in [2.24, 2.45) is 0 Å². The summed E-state index contributed by atoms with van der Waals surface area (Å²) in [5.41, 5.74) is 0.345. The van der Waals surface area contributed by atoms with Crippen LogP contribution in [0.3, 0.4) is 0 Å². The number of carbonyl (C=O) groups excluding carboxylic acids is 3. The van der Waals surface area contributed by atoms with Crippen molar-refractivity contribution in [3.05, 3.63) is 11.3 Å². The lowest BCUT2D eigenvalue weighted by molar-refractivity contribution is -0.158. The number of thioether (sulfide) groups is 1. The highest BCUT2D eigenvalue weighted by molar-refractivity contribution is 9.11. The van der Waals surface area contributed by atoms with E-state index in [1.807, 2.05) is 0 Å². The van der Waals surface area contributed by atoms with Crippen LogP contribution >= 0.6 is 43.6 Å². The predicted octanol–water partition coefficient (Wildman–Crippen LogP) is 1.73. The first-order chi connectivity index (χ1) is 10.2. The van der Waals surface area contributed by atoms with Gasteiger partial charge in [0.25, 0.3) is 5.91 Å². The summed E-state index contributed by atoms with van der Waals surface area (Å²) in [4.78, 5) is 36.8. The van der Waals surface area contributed by atoms with Crippen LogP contribution in [0.25, 0.3) is 0 Å². The van der Waals surface area contributed by atoms with Crippen molar-refractivity contribution in [2.45, 2.75) is 41.9 Å². The topological polar surface area (TPSA) is 75.7 Å². The molecule has 2 amide bonds. The van der Waals surface area contributed by atoms with E-state index in [9.17, 15) is 14.4 Å². The van der Waals surface area contributed by atoms with Gasteiger partial charge in [0.2, 0.25) is 6.41 Å². The average Bonchev–Trinajstić information content (AvgIpc) is 2.41. The molecular weight excluding hydrogens is 440 g/mol. The van der Waals surface area contributed by atoms with E-state index in [0.29, 0.717) is 11.7 Å². The maximum absolute atomic E-state index is 12.5. The lowest BCUT2D eigenvalue weighted by atomic mass is 10.0. The Morgan fingerprint density at radius 3 is 2.64 bits per heavy atom. The van der Waals surface area contributed by atoms with Crippen LogP contribution in [0.2, 0.25) is 0 Å². The molecule has 0 radical (unpaired) electrons. The van der Waals surface area contributed by atoms with Crippen LogP contribution in [0.15, 0.2) is 11.3 Å². The Labute approximate surface area is 149 Å². The molecule has 0 saturated carbocycles. The second-order valence-electron chi connectivity index (χ2n) is 5.82. The largest absolute Gasteiger partial charge is 0.455 e. The zero-order valence-corrected chi connectivity index (χ0v) is 16.2. The third kappa shape index (κ3) is 3.21. The van der Waals surface area contributed by atoms with Gasteiger partial charge in [0.15, 0.2) is 0 Å². The summed E-state index contributed by atoms with van der Waals surface area (Å²) in [5, 5.41) is 2.62. The van der Waals surface area contributed by atoms with Crippen molar-refractivity contribution in [3.8, 4) is 0 Å². The number of nitrogens with zero attached hydrogens (tertiary/aromatic N) is 1. The highest BCUT2D eigenvalue weighted by Crippen LogP contribution is 2.47. The van der Waals surface area contributed by atoms with E-state index in [1.54, 1.807) is 20.8 Å². The monoisotopic (exact) mass is 454 g/mol. The van der Waals surface area contributed by atoms with Gasteiger partial charge in [0, 0.05) is 5.33 Å². The predicted molar refractivity (Wildman–Crippen MR) is 90.6 cm³/mol. The summed E-state index contributed by atoms with van der Waals surface area (Å²) >= 11 is 8.34. The summed E-state index contributed by atoms with van der Waals surface area (Å²) in [6.45, 7) is 5.32. The Morgan fingerprint density at radius 2 is 2.14 bits per heavy atom. The van der Waals surface area contributed by atoms with E-state index in [2.05, 4.69) is 37.2 Å². The molecule has 0 aromatic heterocycles. The smallest absolute Gasteiger partial charge is 0.355 e. The molecule has 0 bridgehead atoms. The molecule has 6 nitrogen and oxygen atoms in total. The number of halogens is 2. The Bertz CT molecular complexity index is 547. The lowest BCUT2D eigenvalue weighted by Crippen LogP contribution is -2.70. The Kier molecular flexibility index (Phi) is 5.28. The van der Waals surface area contributed by atoms with E-state index in [4.69, 9.17) is 4.74 Å². The summed E-state index contributed by atoms with van der Waals surface area (Å²) in [6, 6.07) is -0.614. The number of amides is 2. The molecule has 3 atom stereocenters. The molecule has 1 N–H and O–H groups in total. The van der Waals surface area contributed by atoms with Crippen LogP contribution in [-0.2, 0) is 19.1 Å². The molecule has 122 valence electrons. The van der Waals surface area contributed by atoms with E-state index in [0.717, 1.165) is 5.57 Å². The van der Waals surface area contributed by atoms with Crippen LogP contribution in [0.4, 0.5) is 0 Å². The standard InChI is InChI=1S/C13H16Br2N2O4S/c1-13(2,3)21-12(20)8-6(4-14)9(15)22-11-7(16-5-18)10(19)17(8)11/h5,7,9,11H,4H2,1-3H3,(H,16,18)/t7-,9-,11-/m1/s1. The van der Waals surface area contributed by atoms with Crippen molar-refractivity contribution < 1.29 is 19.1 Å². The second kappa shape index (κ2) is 6.52. The van der Waals surface area contributed by atoms with Gasteiger partial charge in [0.1, 0.15) is 22.7 Å². The molecule has 0 aromatic carbocycles. The third-order valence-electron chi connectivity index (χ3n) is 3.10. The average molecular weight is 456 g/mol. The molecule has 2 aliphatic rings. The number of esters is 1. The SMILES string of the molecule is CC(C)(C)OC(=O)C1=C(CBr)[C@H](Br)S[C@@H]2[C@H](NC=O)C(=O)N12. The summed E-state index contributed by atoms with van der Waals surface area (Å²) in [7, 11) is 0. The fourth-order valence-corrected chi connectivity index (χ4v) is 5.78. The maximum Gasteiger partial charge on any atom is 0.355 e. The number of nitrogens with one attached hydrogen (secondary N) is 1. The molecular formula is C13H16Br2N2O4S. The molecule has 0 spiro atoms. The van der Waals surface area contributed by atoms with Gasteiger partial charge in [-0.1, -0.05) is 31.9 Å². The first kappa shape index (κ1) is 17.8. The molecule has 0 aliphatic carbocycles. The second-order valence-corrected chi connectivity index (χ2v) is 9.13. The molecule has 0 aromatic rings. The molecule has 0 unspecified atom stereocenters. The van der Waals surface area contributed by atoms with E-state index in [1.165, 1.54) is 16.7 Å². The van der Waals surface area contributed by atoms with E-state index in [-0.39, 0.29) is 21.1 Å². The Morgan fingerprint density at radius 1 is 1.50 bits per heavy atom. The van der Waals surface area contributed by atoms with Crippen LogP contribution in [-0.4, -0.2) is 49.7 Å². The summed E-state index contributed by atoms with van der Waals surface area (Å²) in [6.07, 6.45) is 0.501. The number of hydrogen-bond donors (Lipinski definition) is 1. The molecule has 1 fully saturated rings. The van der Waals surface area contributed by atoms with Gasteiger partial charge in [-0.05, 0) is 26.3 Å². The number of alkyl halides is 2. The minimum Gasteiger partial charge on any atom is -0.455 e. The highest BCUT2D eigenvalue weighted by Gasteiger charge is 2.55. The third-order valence-corrected chi connectivity index (χ3v) is 6.19. The first-order valence-corrected chi connectivity index (χ1v) is 9.54. The van der Waals surface area contributed by atoms with Crippen molar-refractivity contribution in [2.75, 3.05) is 5.33 Å². The van der Waals surface area contributed by atoms with Crippen LogP contribution in [0.5, 0.6) is 0 Å². The quantitative estimate of drug-likeness (QED) is 0.302. The van der Waals surface area contributed by atoms with Gasteiger partial charge in [0.05, 0.1) is 4.16 Å². The number of β-lactam (4-membered cyclic amide) rings is 1. The summed E-state index contributed by atoms with van der Waals surface area (Å²) < 4.78 is 5.28. The Hall–Kier alpha value is -0.540. The highest BCUT2D eigenvalue weighted by atomic mass is 79.9. The van der Waals surface area contributed by atoms with Gasteiger partial charge < -0.3 is 10.1 Å². The Balaban J connectivity index is 2.36. The van der Waals surface area contributed by atoms with Gasteiger partial charge in [-0.3, -0.25) is 14.5 Å². The van der Waals surface area contributed by atoms with Crippen molar-refractivity contribution in [1.82, 2.24) is 10.2 Å². The van der Waals surface area contributed by atoms with Gasteiger partial charge >= 0.3 is 5.97 Å². The molecule has 1 saturated heterocycles. The number of fused-ring (bicyclic) bond motifs is 1.